The van der Waals surface area contributed by atoms with Crippen LogP contribution < -0.4 is 5.63 Å². The summed E-state index contributed by atoms with van der Waals surface area (Å²) >= 11 is 0. The molecule has 0 aliphatic carbocycles. The van der Waals surface area contributed by atoms with Crippen LogP contribution in [0, 0.1) is 6.92 Å². The Kier molecular flexibility index (Phi) is 3.50. The van der Waals surface area contributed by atoms with Crippen molar-refractivity contribution in [3.05, 3.63) is 95.2 Å². The first-order valence-electron chi connectivity index (χ1n) is 9.72. The van der Waals surface area contributed by atoms with Crippen molar-refractivity contribution in [1.29, 1.82) is 0 Å². The molecule has 6 rings (SSSR count). The van der Waals surface area contributed by atoms with E-state index in [1.54, 1.807) is 12.5 Å². The summed E-state index contributed by atoms with van der Waals surface area (Å²) in [6, 6.07) is 21.5. The third-order valence-corrected chi connectivity index (χ3v) is 5.59. The van der Waals surface area contributed by atoms with E-state index in [0.717, 1.165) is 44.0 Å². The second-order valence-corrected chi connectivity index (χ2v) is 7.39. The number of furan rings is 2. The highest BCUT2D eigenvalue weighted by Crippen LogP contribution is 2.45. The average Bonchev–Trinajstić information content (AvgIpc) is 3.39. The van der Waals surface area contributed by atoms with Gasteiger partial charge in [0.2, 0.25) is 0 Å². The molecule has 4 nitrogen and oxygen atoms in total. The van der Waals surface area contributed by atoms with Gasteiger partial charge in [0.15, 0.2) is 5.58 Å². The van der Waals surface area contributed by atoms with E-state index < -0.39 is 5.63 Å². The Bertz CT molecular complexity index is 1600. The van der Waals surface area contributed by atoms with Crippen LogP contribution in [0.1, 0.15) is 5.56 Å². The molecule has 3 heterocycles. The van der Waals surface area contributed by atoms with Crippen LogP contribution in [-0.2, 0) is 0 Å². The Labute approximate surface area is 171 Å². The van der Waals surface area contributed by atoms with Gasteiger partial charge in [0.05, 0.1) is 28.7 Å². The number of rotatable bonds is 2. The topological polar surface area (TPSA) is 56.5 Å². The fourth-order valence-electron chi connectivity index (χ4n) is 4.26. The molecular formula is C26H16O4. The predicted octanol–water partition coefficient (Wildman–Crippen LogP) is 6.93. The quantitative estimate of drug-likeness (QED) is 0.300. The van der Waals surface area contributed by atoms with Crippen molar-refractivity contribution in [3.63, 3.8) is 0 Å². The molecule has 0 bridgehead atoms. The molecule has 6 aromatic rings. The lowest BCUT2D eigenvalue weighted by molar-refractivity contribution is 0.561. The summed E-state index contributed by atoms with van der Waals surface area (Å²) in [6.07, 6.45) is 3.47. The molecule has 144 valence electrons. The Morgan fingerprint density at radius 1 is 0.633 bits per heavy atom. The maximum absolute atomic E-state index is 12.3. The molecule has 0 saturated heterocycles. The summed E-state index contributed by atoms with van der Waals surface area (Å²) in [6.45, 7) is 1.90. The van der Waals surface area contributed by atoms with E-state index in [0.29, 0.717) is 16.7 Å². The van der Waals surface area contributed by atoms with E-state index >= 15 is 0 Å². The van der Waals surface area contributed by atoms with Crippen molar-refractivity contribution in [3.8, 4) is 22.3 Å². The number of fused-ring (bicyclic) bond motifs is 6. The second kappa shape index (κ2) is 6.22. The zero-order valence-corrected chi connectivity index (χ0v) is 16.1. The van der Waals surface area contributed by atoms with Gasteiger partial charge in [-0.3, -0.25) is 0 Å². The van der Waals surface area contributed by atoms with Crippen LogP contribution in [-0.4, -0.2) is 0 Å². The number of aryl methyl sites for hydroxylation is 1. The lowest BCUT2D eigenvalue weighted by atomic mass is 9.96. The Morgan fingerprint density at radius 2 is 1.13 bits per heavy atom. The van der Waals surface area contributed by atoms with Gasteiger partial charge in [-0.1, -0.05) is 60.7 Å². The summed E-state index contributed by atoms with van der Waals surface area (Å²) < 4.78 is 17.9. The molecule has 0 fully saturated rings. The van der Waals surface area contributed by atoms with Gasteiger partial charge in [-0.2, -0.15) is 0 Å². The molecule has 30 heavy (non-hydrogen) atoms. The largest absolute Gasteiger partial charge is 0.463 e. The third-order valence-electron chi connectivity index (χ3n) is 5.59. The lowest BCUT2D eigenvalue weighted by Gasteiger charge is -2.06. The molecule has 0 N–H and O–H groups in total. The van der Waals surface area contributed by atoms with Crippen molar-refractivity contribution in [2.45, 2.75) is 6.92 Å². The fourth-order valence-corrected chi connectivity index (χ4v) is 4.26. The molecule has 0 unspecified atom stereocenters. The van der Waals surface area contributed by atoms with E-state index in [2.05, 4.69) is 0 Å². The van der Waals surface area contributed by atoms with Crippen molar-refractivity contribution in [2.75, 3.05) is 0 Å². The van der Waals surface area contributed by atoms with Crippen LogP contribution in [0.3, 0.4) is 0 Å². The summed E-state index contributed by atoms with van der Waals surface area (Å²) in [5.41, 5.74) is 6.06. The molecule has 0 aliphatic heterocycles. The molecule has 0 aliphatic rings. The maximum Gasteiger partial charge on any atom is 0.336 e. The minimum absolute atomic E-state index is 0.393. The van der Waals surface area contributed by atoms with Crippen molar-refractivity contribution in [2.24, 2.45) is 0 Å². The molecule has 0 radical (unpaired) electrons. The fraction of sp³-hybridized carbons (Fsp3) is 0.0385. The minimum atomic E-state index is -0.393. The van der Waals surface area contributed by atoms with Crippen LogP contribution in [0.15, 0.2) is 97.3 Å². The molecule has 0 spiro atoms. The number of hydrogen-bond donors (Lipinski definition) is 0. The van der Waals surface area contributed by atoms with Gasteiger partial charge in [-0.05, 0) is 23.6 Å². The van der Waals surface area contributed by atoms with Crippen LogP contribution in [0.5, 0.6) is 0 Å². The molecule has 3 aromatic carbocycles. The highest BCUT2D eigenvalue weighted by atomic mass is 16.4. The normalized spacial score (nSPS) is 11.6. The van der Waals surface area contributed by atoms with E-state index in [4.69, 9.17) is 13.3 Å². The number of benzene rings is 3. The summed E-state index contributed by atoms with van der Waals surface area (Å²) in [4.78, 5) is 12.3. The van der Waals surface area contributed by atoms with Gasteiger partial charge in [0, 0.05) is 17.2 Å². The molecule has 4 heteroatoms. The summed E-state index contributed by atoms with van der Waals surface area (Å²) in [7, 11) is 0. The zero-order chi connectivity index (χ0) is 20.2. The molecule has 3 aromatic heterocycles. The first kappa shape index (κ1) is 16.9. The molecule has 0 atom stereocenters. The van der Waals surface area contributed by atoms with Crippen LogP contribution in [0.4, 0.5) is 0 Å². The highest BCUT2D eigenvalue weighted by molar-refractivity contribution is 6.27. The Morgan fingerprint density at radius 3 is 1.70 bits per heavy atom. The minimum Gasteiger partial charge on any atom is -0.463 e. The first-order valence-corrected chi connectivity index (χ1v) is 9.72. The average molecular weight is 392 g/mol. The second-order valence-electron chi connectivity index (χ2n) is 7.39. The standard InChI is InChI=1S/C26H16O4/c1-15-12-20(27)30-26-21(15)24-22(18(13-28-24)16-8-4-2-5-9-16)25-23(26)19(14-29-25)17-10-6-3-7-11-17/h2-14H,1H3. The van der Waals surface area contributed by atoms with Gasteiger partial charge in [0.25, 0.3) is 0 Å². The van der Waals surface area contributed by atoms with E-state index in [1.165, 1.54) is 6.07 Å². The van der Waals surface area contributed by atoms with Crippen LogP contribution >= 0.6 is 0 Å². The summed E-state index contributed by atoms with van der Waals surface area (Å²) in [5.74, 6) is 0. The van der Waals surface area contributed by atoms with Crippen LogP contribution in [0.25, 0.3) is 55.2 Å². The first-order chi connectivity index (χ1) is 14.7. The Hall–Kier alpha value is -4.05. The third kappa shape index (κ3) is 2.31. The SMILES string of the molecule is Cc1cc(=O)oc2c1c1occ(-c3ccccc3)c1c1occ(-c3ccccc3)c21. The molecular weight excluding hydrogens is 376 g/mol. The van der Waals surface area contributed by atoms with E-state index in [1.807, 2.05) is 67.6 Å². The Balaban J connectivity index is 1.87. The lowest BCUT2D eigenvalue weighted by Crippen LogP contribution is -1.98. The molecule has 0 saturated carbocycles. The van der Waals surface area contributed by atoms with E-state index in [9.17, 15) is 4.79 Å². The molecule has 0 amide bonds. The smallest absolute Gasteiger partial charge is 0.336 e. The number of hydrogen-bond acceptors (Lipinski definition) is 4. The predicted molar refractivity (Wildman–Crippen MR) is 118 cm³/mol. The summed E-state index contributed by atoms with van der Waals surface area (Å²) in [5, 5.41) is 2.45. The van der Waals surface area contributed by atoms with Gasteiger partial charge in [-0.25, -0.2) is 4.79 Å². The van der Waals surface area contributed by atoms with Crippen molar-refractivity contribution < 1.29 is 13.3 Å². The highest BCUT2D eigenvalue weighted by Gasteiger charge is 2.24. The van der Waals surface area contributed by atoms with E-state index in [-0.39, 0.29) is 0 Å². The zero-order valence-electron chi connectivity index (χ0n) is 16.1. The maximum atomic E-state index is 12.3. The van der Waals surface area contributed by atoms with Crippen LogP contribution in [0.2, 0.25) is 0 Å². The van der Waals surface area contributed by atoms with Gasteiger partial charge in [-0.15, -0.1) is 0 Å². The van der Waals surface area contributed by atoms with Gasteiger partial charge < -0.3 is 13.3 Å². The monoisotopic (exact) mass is 392 g/mol. The van der Waals surface area contributed by atoms with Gasteiger partial charge in [0.1, 0.15) is 11.2 Å². The van der Waals surface area contributed by atoms with Gasteiger partial charge >= 0.3 is 5.63 Å². The van der Waals surface area contributed by atoms with Crippen molar-refractivity contribution in [1.82, 2.24) is 0 Å². The van der Waals surface area contributed by atoms with Crippen molar-refractivity contribution >= 4 is 32.9 Å².